The number of carbonyl (C=O) groups excluding carboxylic acids is 3. The van der Waals surface area contributed by atoms with E-state index in [1.165, 1.54) is 0 Å². The molecule has 0 aromatic heterocycles. The second-order valence-corrected chi connectivity index (χ2v) is 9.09. The number of hydrogen-bond acceptors (Lipinski definition) is 5. The molecule has 2 amide bonds. The van der Waals surface area contributed by atoms with Crippen molar-refractivity contribution in [1.29, 1.82) is 0 Å². The molecular weight excluding hydrogens is 444 g/mol. The van der Waals surface area contributed by atoms with Crippen LogP contribution in [0, 0.1) is 11.3 Å². The van der Waals surface area contributed by atoms with E-state index in [2.05, 4.69) is 11.9 Å². The predicted octanol–water partition coefficient (Wildman–Crippen LogP) is 4.48. The summed E-state index contributed by atoms with van der Waals surface area (Å²) in [4.78, 5) is 40.4. The zero-order valence-electron chi connectivity index (χ0n) is 20.4. The molecule has 1 saturated heterocycles. The molecule has 3 rings (SSSR count). The summed E-state index contributed by atoms with van der Waals surface area (Å²) in [6.07, 6.45) is 2.08. The average Bonchev–Trinajstić information content (AvgIpc) is 3.23. The second kappa shape index (κ2) is 12.2. The lowest BCUT2D eigenvalue weighted by atomic mass is 9.78. The minimum atomic E-state index is -0.870. The van der Waals surface area contributed by atoms with Crippen LogP contribution in [-0.2, 0) is 32.3 Å². The summed E-state index contributed by atoms with van der Waals surface area (Å²) >= 11 is 0. The van der Waals surface area contributed by atoms with Crippen molar-refractivity contribution in [3.8, 4) is 0 Å². The van der Waals surface area contributed by atoms with Crippen LogP contribution >= 0.6 is 0 Å². The van der Waals surface area contributed by atoms with Crippen molar-refractivity contribution < 1.29 is 23.9 Å². The van der Waals surface area contributed by atoms with E-state index in [4.69, 9.17) is 9.47 Å². The first-order chi connectivity index (χ1) is 16.9. The number of allylic oxidation sites excluding steroid dienone is 1. The molecule has 0 saturated carbocycles. The Labute approximate surface area is 207 Å². The molecule has 2 aromatic carbocycles. The first kappa shape index (κ1) is 26.0. The van der Waals surface area contributed by atoms with Crippen LogP contribution in [0.25, 0.3) is 0 Å². The lowest BCUT2D eigenvalue weighted by Gasteiger charge is -2.28. The number of likely N-dealkylation sites (tertiary alicyclic amines) is 1. The zero-order valence-corrected chi connectivity index (χ0v) is 20.4. The van der Waals surface area contributed by atoms with Gasteiger partial charge in [-0.05, 0) is 36.8 Å². The van der Waals surface area contributed by atoms with Crippen LogP contribution in [0.4, 0.5) is 4.79 Å². The number of benzene rings is 2. The molecule has 1 heterocycles. The maximum absolute atomic E-state index is 13.3. The molecule has 35 heavy (non-hydrogen) atoms. The fourth-order valence-corrected chi connectivity index (χ4v) is 4.35. The highest BCUT2D eigenvalue weighted by Crippen LogP contribution is 2.40. The normalized spacial score (nSPS) is 20.1. The summed E-state index contributed by atoms with van der Waals surface area (Å²) in [6.45, 7) is 8.38. The molecule has 186 valence electrons. The molecule has 3 atom stereocenters. The summed E-state index contributed by atoms with van der Waals surface area (Å²) < 4.78 is 10.9. The maximum atomic E-state index is 13.3. The summed E-state index contributed by atoms with van der Waals surface area (Å²) in [5, 5.41) is 2.67. The van der Waals surface area contributed by atoms with Crippen molar-refractivity contribution in [3.05, 3.63) is 84.4 Å². The first-order valence-electron chi connectivity index (χ1n) is 12.0. The van der Waals surface area contributed by atoms with Crippen LogP contribution < -0.4 is 5.32 Å². The molecular formula is C28H34N2O5. The summed E-state index contributed by atoms with van der Waals surface area (Å²) in [5.41, 5.74) is 0.892. The predicted molar refractivity (Wildman–Crippen MR) is 133 cm³/mol. The number of rotatable bonds is 10. The molecule has 0 spiro atoms. The number of nitrogens with one attached hydrogen (secondary N) is 1. The molecule has 0 aliphatic carbocycles. The van der Waals surface area contributed by atoms with E-state index in [9.17, 15) is 14.4 Å². The lowest BCUT2D eigenvalue weighted by molar-refractivity contribution is -0.158. The number of ether oxygens (including phenoxy) is 2. The van der Waals surface area contributed by atoms with Gasteiger partial charge in [-0.1, -0.05) is 73.7 Å². The minimum absolute atomic E-state index is 0.119. The van der Waals surface area contributed by atoms with Gasteiger partial charge >= 0.3 is 12.1 Å². The highest BCUT2D eigenvalue weighted by molar-refractivity contribution is 5.87. The average molecular weight is 479 g/mol. The minimum Gasteiger partial charge on any atom is -0.460 e. The monoisotopic (exact) mass is 478 g/mol. The Morgan fingerprint density at radius 1 is 1.06 bits per heavy atom. The topological polar surface area (TPSA) is 84.9 Å². The van der Waals surface area contributed by atoms with Gasteiger partial charge < -0.3 is 19.7 Å². The molecule has 7 nitrogen and oxygen atoms in total. The Hall–Kier alpha value is -3.61. The van der Waals surface area contributed by atoms with Gasteiger partial charge in [0.25, 0.3) is 0 Å². The third-order valence-electron chi connectivity index (χ3n) is 6.51. The highest BCUT2D eigenvalue weighted by Gasteiger charge is 2.51. The van der Waals surface area contributed by atoms with E-state index in [1.54, 1.807) is 11.0 Å². The number of hydrogen-bond donors (Lipinski definition) is 1. The van der Waals surface area contributed by atoms with Crippen molar-refractivity contribution in [2.75, 3.05) is 13.1 Å². The molecule has 0 radical (unpaired) electrons. The number of amides is 2. The molecule has 1 aliphatic rings. The Morgan fingerprint density at radius 3 is 2.17 bits per heavy atom. The summed E-state index contributed by atoms with van der Waals surface area (Å²) in [6, 6.07) is 18.1. The Morgan fingerprint density at radius 2 is 1.63 bits per heavy atom. The maximum Gasteiger partial charge on any atom is 0.408 e. The molecule has 1 aliphatic heterocycles. The standard InChI is InChI=1S/C28H34N2O5/c1-4-12-23-17-30(20-28(23,3)26(32)34-18-21-13-8-6-9-14-21)25(31)24(5-2)29-27(33)35-19-22-15-10-7-11-16-22/h4,6-11,13-16,23-24H,1,5,12,17-20H2,2-3H3,(H,29,33)/t23-,24-,28+/m0/s1. The van der Waals surface area contributed by atoms with E-state index in [0.717, 1.165) is 11.1 Å². The number of nitrogens with zero attached hydrogens (tertiary/aromatic N) is 1. The van der Waals surface area contributed by atoms with Crippen LogP contribution in [0.2, 0.25) is 0 Å². The van der Waals surface area contributed by atoms with Gasteiger partial charge in [-0.3, -0.25) is 9.59 Å². The van der Waals surface area contributed by atoms with Crippen LogP contribution in [0.15, 0.2) is 73.3 Å². The molecule has 1 fully saturated rings. The molecule has 0 unspecified atom stereocenters. The smallest absolute Gasteiger partial charge is 0.408 e. The SMILES string of the molecule is C=CC[C@H]1CN(C(=O)[C@H](CC)NC(=O)OCc2ccccc2)C[C@@]1(C)C(=O)OCc1ccccc1. The van der Waals surface area contributed by atoms with Crippen molar-refractivity contribution in [2.24, 2.45) is 11.3 Å². The van der Waals surface area contributed by atoms with E-state index in [0.29, 0.717) is 19.4 Å². The van der Waals surface area contributed by atoms with Crippen molar-refractivity contribution >= 4 is 18.0 Å². The molecule has 7 heteroatoms. The van der Waals surface area contributed by atoms with Crippen LogP contribution in [0.3, 0.4) is 0 Å². The number of alkyl carbamates (subject to hydrolysis) is 1. The van der Waals surface area contributed by atoms with Gasteiger partial charge in [0.15, 0.2) is 0 Å². The third-order valence-corrected chi connectivity index (χ3v) is 6.51. The summed E-state index contributed by atoms with van der Waals surface area (Å²) in [5.74, 6) is -0.709. The van der Waals surface area contributed by atoms with Gasteiger partial charge in [-0.25, -0.2) is 4.79 Å². The number of esters is 1. The van der Waals surface area contributed by atoms with Crippen molar-refractivity contribution in [1.82, 2.24) is 10.2 Å². The van der Waals surface area contributed by atoms with E-state index in [1.807, 2.05) is 74.5 Å². The van der Waals surface area contributed by atoms with Crippen LogP contribution in [0.1, 0.15) is 37.8 Å². The second-order valence-electron chi connectivity index (χ2n) is 9.09. The van der Waals surface area contributed by atoms with Crippen LogP contribution in [-0.4, -0.2) is 42.0 Å². The van der Waals surface area contributed by atoms with Gasteiger partial charge in [-0.2, -0.15) is 0 Å². The Balaban J connectivity index is 1.61. The van der Waals surface area contributed by atoms with Crippen molar-refractivity contribution in [2.45, 2.75) is 45.9 Å². The largest absolute Gasteiger partial charge is 0.460 e. The fraction of sp³-hybridized carbons (Fsp3) is 0.393. The third kappa shape index (κ3) is 6.72. The van der Waals surface area contributed by atoms with E-state index in [-0.39, 0.29) is 37.6 Å². The highest BCUT2D eigenvalue weighted by atomic mass is 16.5. The zero-order chi connectivity index (χ0) is 25.3. The van der Waals surface area contributed by atoms with Crippen molar-refractivity contribution in [3.63, 3.8) is 0 Å². The Bertz CT molecular complexity index is 1010. The van der Waals surface area contributed by atoms with E-state index >= 15 is 0 Å². The Kier molecular flexibility index (Phi) is 9.06. The van der Waals surface area contributed by atoms with Gasteiger partial charge in [-0.15, -0.1) is 6.58 Å². The van der Waals surface area contributed by atoms with Gasteiger partial charge in [0.1, 0.15) is 19.3 Å². The van der Waals surface area contributed by atoms with E-state index < -0.39 is 17.6 Å². The van der Waals surface area contributed by atoms with Gasteiger partial charge in [0.2, 0.25) is 5.91 Å². The molecule has 2 aromatic rings. The lowest BCUT2D eigenvalue weighted by Crippen LogP contribution is -2.48. The molecule has 1 N–H and O–H groups in total. The fourth-order valence-electron chi connectivity index (χ4n) is 4.35. The summed E-state index contributed by atoms with van der Waals surface area (Å²) in [7, 11) is 0. The molecule has 0 bridgehead atoms. The van der Waals surface area contributed by atoms with Gasteiger partial charge in [0.05, 0.1) is 5.41 Å². The van der Waals surface area contributed by atoms with Crippen LogP contribution in [0.5, 0.6) is 0 Å². The quantitative estimate of drug-likeness (QED) is 0.402. The first-order valence-corrected chi connectivity index (χ1v) is 12.0. The van der Waals surface area contributed by atoms with Gasteiger partial charge in [0, 0.05) is 13.1 Å². The number of carbonyl (C=O) groups is 3.